The minimum Gasteiger partial charge on any atom is -0.298 e. The summed E-state index contributed by atoms with van der Waals surface area (Å²) in [6, 6.07) is 5.80. The van der Waals surface area contributed by atoms with Crippen molar-refractivity contribution in [1.29, 1.82) is 0 Å². The highest BCUT2D eigenvalue weighted by atomic mass is 16.6. The van der Waals surface area contributed by atoms with Crippen LogP contribution < -0.4 is 0 Å². The number of rotatable bonds is 2. The molecule has 0 saturated carbocycles. The number of nitro benzene ring substituents is 1. The molecule has 0 aliphatic carbocycles. The Kier molecular flexibility index (Phi) is 1.96. The highest BCUT2D eigenvalue weighted by molar-refractivity contribution is 5.81. The van der Waals surface area contributed by atoms with Crippen molar-refractivity contribution in [2.75, 3.05) is 0 Å². The van der Waals surface area contributed by atoms with Gasteiger partial charge in [0.05, 0.1) is 10.5 Å². The first-order valence-electron chi connectivity index (χ1n) is 2.94. The molecule has 0 aliphatic heterocycles. The molecule has 0 saturated heterocycles. The summed E-state index contributed by atoms with van der Waals surface area (Å²) in [6.45, 7) is 0. The normalized spacial score (nSPS) is 9.09. The first-order valence-corrected chi connectivity index (χ1v) is 2.94. The maximum Gasteiger partial charge on any atom is 0.279 e. The summed E-state index contributed by atoms with van der Waals surface area (Å²) in [5.41, 5.74) is -0.0417. The molecule has 4 nitrogen and oxygen atoms in total. The van der Waals surface area contributed by atoms with Gasteiger partial charge in [-0.25, -0.2) is 0 Å². The van der Waals surface area contributed by atoms with Crippen LogP contribution in [0.1, 0.15) is 10.4 Å². The average molecular weight is 157 g/mol. The van der Waals surface area contributed by atoms with Gasteiger partial charge in [-0.3, -0.25) is 14.9 Å². The Morgan fingerprint density at radius 1 is 1.36 bits per heavy atom. The molecular weight excluding hydrogens is 152 g/mol. The van der Waals surface area contributed by atoms with Gasteiger partial charge in [0.1, 0.15) is 0 Å². The van der Waals surface area contributed by atoms with E-state index in [1.807, 2.05) is 0 Å². The van der Waals surface area contributed by atoms with Crippen molar-refractivity contribution in [3.05, 3.63) is 39.9 Å². The number of aldehydes is 1. The summed E-state index contributed by atoms with van der Waals surface area (Å²) in [7, 11) is 0. The molecule has 0 aromatic heterocycles. The lowest BCUT2D eigenvalue weighted by atomic mass is 11.0. The number of carbonyl (C=O) groups excluding carboxylic acids is 1. The van der Waals surface area contributed by atoms with Crippen molar-refractivity contribution in [3.63, 3.8) is 0 Å². The maximum absolute atomic E-state index is 10.2. The van der Waals surface area contributed by atoms with E-state index in [0.29, 0.717) is 6.29 Å². The molecule has 0 radical (unpaired) electrons. The second-order valence-electron chi connectivity index (χ2n) is 1.93. The van der Waals surface area contributed by atoms with Crippen molar-refractivity contribution in [3.8, 4) is 0 Å². The summed E-state index contributed by atoms with van der Waals surface area (Å²) in [6.07, 6.45) is 0.470. The van der Waals surface area contributed by atoms with Gasteiger partial charge in [-0.15, -0.1) is 0 Å². The third-order valence-corrected chi connectivity index (χ3v) is 1.26. The van der Waals surface area contributed by atoms with Crippen molar-refractivity contribution in [2.24, 2.45) is 0 Å². The van der Waals surface area contributed by atoms with Crippen LogP contribution in [0.3, 0.4) is 0 Å². The maximum atomic E-state index is 10.2. The van der Waals surface area contributed by atoms with E-state index < -0.39 is 4.92 Å². The predicted molar refractivity (Wildman–Crippen MR) is 38.5 cm³/mol. The van der Waals surface area contributed by atoms with Crippen molar-refractivity contribution in [1.82, 2.24) is 0 Å². The second-order valence-corrected chi connectivity index (χ2v) is 1.93. The Hall–Kier alpha value is -1.71. The van der Waals surface area contributed by atoms with Crippen LogP contribution in [-0.2, 0) is 0 Å². The van der Waals surface area contributed by atoms with E-state index in [4.69, 9.17) is 0 Å². The van der Waals surface area contributed by atoms with Crippen LogP contribution in [-0.4, -0.2) is 11.2 Å². The molecule has 0 fully saturated rings. The topological polar surface area (TPSA) is 60.2 Å². The Labute approximate surface area is 62.6 Å². The standard InChI is InChI=1S/C7H5NO3/c9-5-6-3-1-2-4-7(6)8(10)11/h1-5H/i1+1,2+1,3+1,4+1,6+1,7+1. The van der Waals surface area contributed by atoms with Gasteiger partial charge in [0, 0.05) is 6.07 Å². The van der Waals surface area contributed by atoms with Gasteiger partial charge in [-0.2, -0.15) is 0 Å². The lowest BCUT2D eigenvalue weighted by Crippen LogP contribution is -1.92. The highest BCUT2D eigenvalue weighted by Gasteiger charge is 2.09. The van der Waals surface area contributed by atoms with Crippen LogP contribution in [0.5, 0.6) is 0 Å². The molecule has 0 aliphatic rings. The van der Waals surface area contributed by atoms with E-state index in [0.717, 1.165) is 0 Å². The zero-order valence-electron chi connectivity index (χ0n) is 5.56. The summed E-state index contributed by atoms with van der Waals surface area (Å²) >= 11 is 0. The number of carbonyl (C=O) groups is 1. The SMILES string of the molecule is O=C[13c]1[13cH][13cH][13cH][13cH][13c]1[N+](=O)[O-]. The van der Waals surface area contributed by atoms with Gasteiger partial charge in [-0.05, 0) is 6.07 Å². The highest BCUT2D eigenvalue weighted by Crippen LogP contribution is 2.14. The molecule has 1 aromatic rings. The smallest absolute Gasteiger partial charge is 0.279 e. The summed E-state index contributed by atoms with van der Waals surface area (Å²) in [5.74, 6) is 0. The lowest BCUT2D eigenvalue weighted by molar-refractivity contribution is -0.385. The van der Waals surface area contributed by atoms with Gasteiger partial charge >= 0.3 is 0 Å². The fourth-order valence-corrected chi connectivity index (χ4v) is 0.753. The van der Waals surface area contributed by atoms with E-state index in [-0.39, 0.29) is 11.3 Å². The largest absolute Gasteiger partial charge is 0.298 e. The number of nitro groups is 1. The zero-order valence-corrected chi connectivity index (χ0v) is 5.56. The van der Waals surface area contributed by atoms with Gasteiger partial charge in [0.25, 0.3) is 5.69 Å². The van der Waals surface area contributed by atoms with Crippen molar-refractivity contribution >= 4 is 12.0 Å². The first-order chi connectivity index (χ1) is 5.25. The quantitative estimate of drug-likeness (QED) is 0.370. The molecule has 56 valence electrons. The minimum absolute atomic E-state index is 0.109. The van der Waals surface area contributed by atoms with Crippen LogP contribution in [0.15, 0.2) is 24.3 Å². The summed E-state index contributed by atoms with van der Waals surface area (Å²) in [5, 5.41) is 10.2. The molecule has 0 N–H and O–H groups in total. The molecule has 0 spiro atoms. The zero-order chi connectivity index (χ0) is 8.27. The molecule has 11 heavy (non-hydrogen) atoms. The number of benzene rings is 1. The number of hydrogen-bond donors (Lipinski definition) is 0. The summed E-state index contributed by atoms with van der Waals surface area (Å²) < 4.78 is 0. The number of nitrogens with zero attached hydrogens (tertiary/aromatic N) is 1. The minimum atomic E-state index is -0.580. The van der Waals surface area contributed by atoms with Gasteiger partial charge in [-0.1, -0.05) is 12.1 Å². The van der Waals surface area contributed by atoms with Crippen LogP contribution in [0, 0.1) is 10.1 Å². The molecule has 0 amide bonds. The van der Waals surface area contributed by atoms with Crippen molar-refractivity contribution in [2.45, 2.75) is 0 Å². The van der Waals surface area contributed by atoms with E-state index in [1.165, 1.54) is 18.2 Å². The molecule has 1 rings (SSSR count). The van der Waals surface area contributed by atoms with Gasteiger partial charge < -0.3 is 0 Å². The van der Waals surface area contributed by atoms with Gasteiger partial charge in [0.2, 0.25) is 0 Å². The Morgan fingerprint density at radius 2 is 2.00 bits per heavy atom. The van der Waals surface area contributed by atoms with E-state index >= 15 is 0 Å². The number of hydrogen-bond acceptors (Lipinski definition) is 3. The Balaban J connectivity index is 3.22. The molecule has 0 unspecified atom stereocenters. The third kappa shape index (κ3) is 1.40. The monoisotopic (exact) mass is 157 g/mol. The van der Waals surface area contributed by atoms with Crippen molar-refractivity contribution < 1.29 is 9.72 Å². The predicted octanol–water partition coefficient (Wildman–Crippen LogP) is 1.41. The molecule has 0 bridgehead atoms. The van der Waals surface area contributed by atoms with Crippen LogP contribution in [0.25, 0.3) is 0 Å². The molecule has 4 heteroatoms. The van der Waals surface area contributed by atoms with E-state index in [2.05, 4.69) is 0 Å². The molecule has 0 atom stereocenters. The Morgan fingerprint density at radius 3 is 2.45 bits per heavy atom. The Bertz CT molecular complexity index is 295. The number of para-hydroxylation sites is 1. The molecule has 1 aromatic carbocycles. The fourth-order valence-electron chi connectivity index (χ4n) is 0.753. The van der Waals surface area contributed by atoms with Gasteiger partial charge in [0.15, 0.2) is 6.29 Å². The van der Waals surface area contributed by atoms with E-state index in [9.17, 15) is 14.9 Å². The van der Waals surface area contributed by atoms with Crippen LogP contribution in [0.4, 0.5) is 5.69 Å². The second kappa shape index (κ2) is 2.92. The fraction of sp³-hybridized carbons (Fsp3) is 0. The first kappa shape index (κ1) is 7.40. The molecular formula is C7H5NO3. The van der Waals surface area contributed by atoms with Crippen LogP contribution in [0.2, 0.25) is 0 Å². The molecule has 0 heterocycles. The van der Waals surface area contributed by atoms with E-state index in [1.54, 1.807) is 6.07 Å². The third-order valence-electron chi connectivity index (χ3n) is 1.26. The summed E-state index contributed by atoms with van der Waals surface area (Å²) in [4.78, 5) is 19.9. The average Bonchev–Trinajstić information content (AvgIpc) is 2.04. The van der Waals surface area contributed by atoms with Crippen LogP contribution >= 0.6 is 0 Å². The lowest BCUT2D eigenvalue weighted by Gasteiger charge is -1.91.